The average molecular weight is 915 g/mol. The Labute approximate surface area is 407 Å². The topological polar surface area (TPSA) is 32.8 Å². The first-order chi connectivity index (χ1) is 34.4. The number of furan rings is 2. The Kier molecular flexibility index (Phi) is 8.26. The van der Waals surface area contributed by atoms with Crippen molar-refractivity contribution in [2.75, 3.05) is 9.80 Å². The number of hydrogen-bond donors (Lipinski definition) is 0. The molecule has 0 N–H and O–H groups in total. The van der Waals surface area contributed by atoms with Crippen LogP contribution in [0.15, 0.2) is 227 Å². The minimum absolute atomic E-state index is 0.203. The molecule has 5 heteroatoms. The molecule has 0 radical (unpaired) electrons. The molecule has 3 heterocycles. The Bertz CT molecular complexity index is 4470. The molecule has 0 amide bonds. The van der Waals surface area contributed by atoms with Crippen molar-refractivity contribution < 1.29 is 8.83 Å². The summed E-state index contributed by atoms with van der Waals surface area (Å²) < 4.78 is 15.8. The van der Waals surface area contributed by atoms with Crippen LogP contribution in [0.1, 0.15) is 25.0 Å². The standard InChI is InChI=1S/C65H42N2O2S/c1-65(2)53-31-32-59-62(52-36-40-28-30-46(34-42(40)38-60(52)70-59)67(44-17-7-4-8-18-44)56-24-14-22-50-48-20-10-12-26-58(48)69-64(50)56)61(53)51-35-39-27-29-45(33-41(39)37-54(51)65)66(43-15-5-3-6-16-43)55-23-13-21-49-47-19-9-11-25-57(47)68-63(49)55/h3-38H,1-2H3. The van der Waals surface area contributed by atoms with Crippen molar-refractivity contribution in [3.05, 3.63) is 230 Å². The maximum Gasteiger partial charge on any atom is 0.159 e. The van der Waals surface area contributed by atoms with Crippen molar-refractivity contribution in [3.8, 4) is 11.1 Å². The molecular weight excluding hydrogens is 873 g/mol. The van der Waals surface area contributed by atoms with E-state index in [1.54, 1.807) is 0 Å². The summed E-state index contributed by atoms with van der Waals surface area (Å²) in [6.45, 7) is 4.79. The van der Waals surface area contributed by atoms with E-state index in [0.29, 0.717) is 0 Å². The second-order valence-electron chi connectivity index (χ2n) is 19.2. The lowest BCUT2D eigenvalue weighted by Crippen LogP contribution is -2.15. The van der Waals surface area contributed by atoms with Gasteiger partial charge in [-0.1, -0.05) is 129 Å². The summed E-state index contributed by atoms with van der Waals surface area (Å²) >= 11 is 1.89. The predicted molar refractivity (Wildman–Crippen MR) is 296 cm³/mol. The lowest BCUT2D eigenvalue weighted by molar-refractivity contribution is 0.661. The quantitative estimate of drug-likeness (QED) is 0.166. The molecule has 0 bridgehead atoms. The molecule has 4 nitrogen and oxygen atoms in total. The van der Waals surface area contributed by atoms with E-state index in [1.165, 1.54) is 64.0 Å². The van der Waals surface area contributed by atoms with Crippen molar-refractivity contribution in [2.45, 2.75) is 19.3 Å². The summed E-state index contributed by atoms with van der Waals surface area (Å²) in [5.41, 5.74) is 15.1. The van der Waals surface area contributed by atoms with Crippen LogP contribution in [-0.2, 0) is 5.41 Å². The van der Waals surface area contributed by atoms with E-state index >= 15 is 0 Å². The zero-order valence-corrected chi connectivity index (χ0v) is 39.2. The second-order valence-corrected chi connectivity index (χ2v) is 20.3. The normalized spacial score (nSPS) is 13.1. The maximum absolute atomic E-state index is 6.62. The van der Waals surface area contributed by atoms with Crippen molar-refractivity contribution in [2.24, 2.45) is 0 Å². The van der Waals surface area contributed by atoms with Crippen LogP contribution in [0.3, 0.4) is 0 Å². The van der Waals surface area contributed by atoms with E-state index in [1.807, 2.05) is 23.5 Å². The summed E-state index contributed by atoms with van der Waals surface area (Å²) in [5.74, 6) is 0. The molecule has 3 aromatic heterocycles. The number of thiophene rings is 1. The molecule has 0 saturated carbocycles. The van der Waals surface area contributed by atoms with Crippen molar-refractivity contribution in [1.82, 2.24) is 0 Å². The van der Waals surface area contributed by atoms with Gasteiger partial charge >= 0.3 is 0 Å². The van der Waals surface area contributed by atoms with Crippen LogP contribution in [0.4, 0.5) is 34.1 Å². The lowest BCUT2D eigenvalue weighted by atomic mass is 9.81. The number of benzene rings is 11. The Hall–Kier alpha value is -8.64. The van der Waals surface area contributed by atoms with Crippen LogP contribution >= 0.6 is 11.3 Å². The van der Waals surface area contributed by atoms with E-state index in [0.717, 1.165) is 78.0 Å². The summed E-state index contributed by atoms with van der Waals surface area (Å²) in [6.07, 6.45) is 0. The Morgan fingerprint density at radius 1 is 0.371 bits per heavy atom. The van der Waals surface area contributed by atoms with Crippen molar-refractivity contribution in [1.29, 1.82) is 0 Å². The summed E-state index contributed by atoms with van der Waals surface area (Å²) in [5, 5.41) is 12.0. The minimum atomic E-state index is -0.203. The highest BCUT2D eigenvalue weighted by atomic mass is 32.1. The Morgan fingerprint density at radius 3 is 1.50 bits per heavy atom. The summed E-state index contributed by atoms with van der Waals surface area (Å²) in [6, 6.07) is 79.2. The van der Waals surface area contributed by atoms with E-state index in [4.69, 9.17) is 8.83 Å². The zero-order valence-electron chi connectivity index (χ0n) is 38.4. The van der Waals surface area contributed by atoms with Gasteiger partial charge in [0.1, 0.15) is 11.2 Å². The molecule has 11 aromatic carbocycles. The predicted octanol–water partition coefficient (Wildman–Crippen LogP) is 19.4. The molecule has 330 valence electrons. The molecule has 0 fully saturated rings. The van der Waals surface area contributed by atoms with Gasteiger partial charge in [-0.05, 0) is 147 Å². The molecule has 0 unspecified atom stereocenters. The smallest absolute Gasteiger partial charge is 0.159 e. The molecule has 0 atom stereocenters. The molecule has 1 aliphatic rings. The third-order valence-corrected chi connectivity index (χ3v) is 16.1. The number of para-hydroxylation sites is 6. The number of rotatable bonds is 6. The Morgan fingerprint density at radius 2 is 0.900 bits per heavy atom. The van der Waals surface area contributed by atoms with Gasteiger partial charge in [-0.3, -0.25) is 0 Å². The van der Waals surface area contributed by atoms with E-state index in [2.05, 4.69) is 230 Å². The van der Waals surface area contributed by atoms with Crippen LogP contribution in [0.2, 0.25) is 0 Å². The second kappa shape index (κ2) is 14.7. The molecule has 0 saturated heterocycles. The number of anilines is 6. The third kappa shape index (κ3) is 5.70. The molecule has 0 aliphatic heterocycles. The zero-order chi connectivity index (χ0) is 46.2. The highest BCUT2D eigenvalue weighted by molar-refractivity contribution is 7.26. The van der Waals surface area contributed by atoms with Gasteiger partial charge in [0.25, 0.3) is 0 Å². The summed E-state index contributed by atoms with van der Waals surface area (Å²) in [7, 11) is 0. The molecule has 14 aromatic rings. The van der Waals surface area contributed by atoms with Gasteiger partial charge in [0.05, 0.1) is 11.4 Å². The average Bonchev–Trinajstić information content (AvgIpc) is 4.14. The van der Waals surface area contributed by atoms with E-state index in [9.17, 15) is 0 Å². The van der Waals surface area contributed by atoms with Crippen molar-refractivity contribution in [3.63, 3.8) is 0 Å². The van der Waals surface area contributed by atoms with Crippen molar-refractivity contribution >= 4 is 131 Å². The molecule has 0 spiro atoms. The first-order valence-electron chi connectivity index (χ1n) is 24.0. The summed E-state index contributed by atoms with van der Waals surface area (Å²) in [4.78, 5) is 4.67. The largest absolute Gasteiger partial charge is 0.454 e. The number of fused-ring (bicyclic) bond motifs is 15. The fourth-order valence-corrected chi connectivity index (χ4v) is 12.8. The molecular formula is C65H42N2O2S. The highest BCUT2D eigenvalue weighted by Gasteiger charge is 2.38. The fourth-order valence-electron chi connectivity index (χ4n) is 11.7. The van der Waals surface area contributed by atoms with Gasteiger partial charge in [-0.15, -0.1) is 11.3 Å². The van der Waals surface area contributed by atoms with E-state index < -0.39 is 0 Å². The molecule has 15 rings (SSSR count). The fraction of sp³-hybridized carbons (Fsp3) is 0.0462. The first kappa shape index (κ1) is 39.4. The highest BCUT2D eigenvalue weighted by Crippen LogP contribution is 2.56. The van der Waals surface area contributed by atoms with Gasteiger partial charge in [-0.2, -0.15) is 0 Å². The first-order valence-corrected chi connectivity index (χ1v) is 24.8. The van der Waals surface area contributed by atoms with Crippen LogP contribution in [0, 0.1) is 0 Å². The van der Waals surface area contributed by atoms with Gasteiger partial charge in [0.2, 0.25) is 0 Å². The van der Waals surface area contributed by atoms with Crippen LogP contribution in [0.5, 0.6) is 0 Å². The van der Waals surface area contributed by atoms with Crippen LogP contribution in [-0.4, -0.2) is 0 Å². The van der Waals surface area contributed by atoms with Crippen LogP contribution < -0.4 is 9.80 Å². The SMILES string of the molecule is CC1(C)c2cc3cc(N(c4ccccc4)c4cccc5c4oc4ccccc45)ccc3cc2-c2c1ccc1sc3cc4cc(N(c5ccccc5)c5cccc6c5oc5ccccc56)ccc4cc3c21. The van der Waals surface area contributed by atoms with Gasteiger partial charge in [0, 0.05) is 69.9 Å². The maximum atomic E-state index is 6.62. The monoisotopic (exact) mass is 914 g/mol. The van der Waals surface area contributed by atoms with E-state index in [-0.39, 0.29) is 5.41 Å². The number of hydrogen-bond acceptors (Lipinski definition) is 5. The van der Waals surface area contributed by atoms with Crippen LogP contribution in [0.25, 0.3) is 96.7 Å². The number of nitrogens with zero attached hydrogens (tertiary/aromatic N) is 2. The van der Waals surface area contributed by atoms with Gasteiger partial charge in [0.15, 0.2) is 11.2 Å². The minimum Gasteiger partial charge on any atom is -0.454 e. The van der Waals surface area contributed by atoms with Gasteiger partial charge < -0.3 is 18.6 Å². The Balaban J connectivity index is 0.867. The lowest BCUT2D eigenvalue weighted by Gasteiger charge is -2.26. The molecule has 70 heavy (non-hydrogen) atoms. The molecule has 1 aliphatic carbocycles. The third-order valence-electron chi connectivity index (χ3n) is 14.9. The van der Waals surface area contributed by atoms with Gasteiger partial charge in [-0.25, -0.2) is 0 Å².